The molecule has 63 heavy (non-hydrogen) atoms. The lowest BCUT2D eigenvalue weighted by Gasteiger charge is -2.48. The molecule has 4 atom stereocenters. The van der Waals surface area contributed by atoms with Crippen molar-refractivity contribution in [3.05, 3.63) is 276 Å². The van der Waals surface area contributed by atoms with Gasteiger partial charge in [0.15, 0.2) is 0 Å². The number of hydrogen-bond acceptors (Lipinski definition) is 2. The Hall–Kier alpha value is -7.34. The molecule has 0 radical (unpaired) electrons. The molecule has 2 heteroatoms. The first-order valence-electron chi connectivity index (χ1n) is 22.1. The molecule has 3 aliphatic rings. The Labute approximate surface area is 375 Å². The molecule has 308 valence electrons. The smallest absolute Gasteiger partial charge is 0.0935 e. The van der Waals surface area contributed by atoms with Crippen LogP contribution in [-0.4, -0.2) is 0 Å². The maximum absolute atomic E-state index is 6.69. The summed E-state index contributed by atoms with van der Waals surface area (Å²) >= 11 is 0. The van der Waals surface area contributed by atoms with Gasteiger partial charge in [-0.1, -0.05) is 214 Å². The maximum Gasteiger partial charge on any atom is 0.0935 e. The van der Waals surface area contributed by atoms with Crippen LogP contribution in [-0.2, 0) is 5.41 Å². The van der Waals surface area contributed by atoms with E-state index in [0.29, 0.717) is 0 Å². The van der Waals surface area contributed by atoms with E-state index in [9.17, 15) is 0 Å². The highest BCUT2D eigenvalue weighted by Gasteiger charge is 2.62. The molecule has 0 amide bonds. The lowest BCUT2D eigenvalue weighted by Crippen LogP contribution is -2.44. The minimum Gasteiger partial charge on any atom is -0.311 e. The summed E-state index contributed by atoms with van der Waals surface area (Å²) in [5, 5.41) is 0. The van der Waals surface area contributed by atoms with Crippen LogP contribution in [0.2, 0.25) is 0 Å². The van der Waals surface area contributed by atoms with Gasteiger partial charge in [-0.05, 0) is 89.7 Å². The Morgan fingerprint density at radius 1 is 0.635 bits per heavy atom. The molecule has 0 aliphatic heterocycles. The van der Waals surface area contributed by atoms with Crippen molar-refractivity contribution in [1.82, 2.24) is 0 Å². The Bertz CT molecular complexity index is 2690. The summed E-state index contributed by atoms with van der Waals surface area (Å²) in [6.07, 6.45) is 26.1. The van der Waals surface area contributed by atoms with E-state index in [1.54, 1.807) is 0 Å². The molecule has 0 saturated carbocycles. The summed E-state index contributed by atoms with van der Waals surface area (Å²) < 4.78 is 0. The molecule has 0 saturated heterocycles. The quantitative estimate of drug-likeness (QED) is 0.106. The topological polar surface area (TPSA) is 6.48 Å². The molecule has 0 fully saturated rings. The first kappa shape index (κ1) is 41.0. The van der Waals surface area contributed by atoms with Crippen molar-refractivity contribution >= 4 is 22.7 Å². The highest BCUT2D eigenvalue weighted by Crippen LogP contribution is 2.68. The van der Waals surface area contributed by atoms with E-state index in [2.05, 4.69) is 255 Å². The van der Waals surface area contributed by atoms with Gasteiger partial charge in [0.2, 0.25) is 0 Å². The number of allylic oxidation sites excluding steroid dienone is 12. The van der Waals surface area contributed by atoms with Gasteiger partial charge in [-0.15, -0.1) is 6.42 Å². The Kier molecular flexibility index (Phi) is 11.2. The van der Waals surface area contributed by atoms with Gasteiger partial charge in [0.25, 0.3) is 0 Å². The molecule has 9 rings (SSSR count). The summed E-state index contributed by atoms with van der Waals surface area (Å²) in [6, 6.07) is 64.9. The second-order valence-corrected chi connectivity index (χ2v) is 17.3. The van der Waals surface area contributed by atoms with E-state index in [1.807, 2.05) is 12.1 Å². The van der Waals surface area contributed by atoms with Crippen LogP contribution in [0.1, 0.15) is 38.3 Å². The van der Waals surface area contributed by atoms with Crippen molar-refractivity contribution < 1.29 is 0 Å². The number of benzene rings is 6. The van der Waals surface area contributed by atoms with Crippen LogP contribution in [0.15, 0.2) is 265 Å². The Balaban J connectivity index is 1.34. The predicted molar refractivity (Wildman–Crippen MR) is 266 cm³/mol. The molecule has 3 unspecified atom stereocenters. The molecule has 6 aromatic carbocycles. The van der Waals surface area contributed by atoms with E-state index in [-0.39, 0.29) is 17.3 Å². The van der Waals surface area contributed by atoms with Gasteiger partial charge in [0.05, 0.1) is 5.70 Å². The van der Waals surface area contributed by atoms with Crippen LogP contribution in [0, 0.1) is 35.0 Å². The zero-order chi connectivity index (χ0) is 43.4. The van der Waals surface area contributed by atoms with Crippen LogP contribution >= 0.6 is 0 Å². The highest BCUT2D eigenvalue weighted by molar-refractivity contribution is 5.74. The van der Waals surface area contributed by atoms with Gasteiger partial charge < -0.3 is 9.80 Å². The largest absolute Gasteiger partial charge is 0.311 e. The molecular formula is C61H54N2. The van der Waals surface area contributed by atoms with Crippen LogP contribution in [0.5, 0.6) is 0 Å². The third-order valence-electron chi connectivity index (χ3n) is 13.9. The number of rotatable bonds is 9. The van der Waals surface area contributed by atoms with Gasteiger partial charge >= 0.3 is 0 Å². The molecule has 6 aromatic rings. The van der Waals surface area contributed by atoms with Crippen LogP contribution in [0.4, 0.5) is 22.7 Å². The normalized spacial score (nSPS) is 23.7. The molecule has 3 aliphatic carbocycles. The van der Waals surface area contributed by atoms with Gasteiger partial charge in [-0.25, -0.2) is 0 Å². The third kappa shape index (κ3) is 7.14. The Morgan fingerprint density at radius 3 is 1.57 bits per heavy atom. The fourth-order valence-corrected chi connectivity index (χ4v) is 10.7. The van der Waals surface area contributed by atoms with Gasteiger partial charge in [0.1, 0.15) is 0 Å². The molecule has 0 bridgehead atoms. The summed E-state index contributed by atoms with van der Waals surface area (Å²) in [5.41, 5.74) is 10.9. The average molecular weight is 815 g/mol. The highest BCUT2D eigenvalue weighted by atomic mass is 15.2. The van der Waals surface area contributed by atoms with Crippen molar-refractivity contribution in [2.75, 3.05) is 9.80 Å². The summed E-state index contributed by atoms with van der Waals surface area (Å²) in [4.78, 5) is 4.62. The summed E-state index contributed by atoms with van der Waals surface area (Å²) in [7, 11) is 0. The zero-order valence-electron chi connectivity index (χ0n) is 36.5. The fraction of sp³-hybridized carbons (Fsp3) is 0.148. The van der Waals surface area contributed by atoms with Gasteiger partial charge in [0, 0.05) is 50.6 Å². The van der Waals surface area contributed by atoms with E-state index in [1.165, 1.54) is 22.3 Å². The standard InChI is InChI=1S/C61H54N2/c1-6-50(62(51-33-19-10-20-34-51)52-35-21-11-22-36-52)45-60(5)46(2)28-14-7-27-41-56-58(47(60)3)61(48-29-15-8-16-30-48,49-31-17-9-18-32-49)57-44-55(42-43-59(56,57)4)63(53-37-23-12-24-38-53)54-39-25-13-26-40-54/h1,7-40,42-45,47,57H,2,41H2,3-5H3/b27-7-,28-14-,50-45+/t47?,57?,59?,60-/m0/s1. The number of para-hydroxylation sites is 4. The van der Waals surface area contributed by atoms with Crippen molar-refractivity contribution in [3.8, 4) is 12.3 Å². The fourth-order valence-electron chi connectivity index (χ4n) is 10.7. The van der Waals surface area contributed by atoms with E-state index in [0.717, 1.165) is 46.1 Å². The number of terminal acetylenes is 1. The maximum atomic E-state index is 6.69. The first-order chi connectivity index (χ1) is 30.8. The van der Waals surface area contributed by atoms with E-state index >= 15 is 0 Å². The van der Waals surface area contributed by atoms with Crippen LogP contribution in [0.3, 0.4) is 0 Å². The molecule has 0 aromatic heterocycles. The minimum atomic E-state index is -0.652. The lowest BCUT2D eigenvalue weighted by molar-refractivity contribution is 0.288. The molecule has 0 heterocycles. The monoisotopic (exact) mass is 814 g/mol. The van der Waals surface area contributed by atoms with E-state index < -0.39 is 10.8 Å². The zero-order valence-corrected chi connectivity index (χ0v) is 36.5. The lowest BCUT2D eigenvalue weighted by atomic mass is 9.55. The van der Waals surface area contributed by atoms with Crippen molar-refractivity contribution in [2.45, 2.75) is 32.6 Å². The minimum absolute atomic E-state index is 0.0157. The number of anilines is 4. The first-order valence-corrected chi connectivity index (χ1v) is 22.1. The van der Waals surface area contributed by atoms with Crippen LogP contribution < -0.4 is 9.80 Å². The summed E-state index contributed by atoms with van der Waals surface area (Å²) in [6.45, 7) is 12.1. The molecule has 2 nitrogen and oxygen atoms in total. The molecular weight excluding hydrogens is 761 g/mol. The van der Waals surface area contributed by atoms with Crippen molar-refractivity contribution in [1.29, 1.82) is 0 Å². The van der Waals surface area contributed by atoms with Gasteiger partial charge in [-0.3, -0.25) is 0 Å². The number of nitrogens with zero attached hydrogens (tertiary/aromatic N) is 2. The van der Waals surface area contributed by atoms with Gasteiger partial charge in [-0.2, -0.15) is 0 Å². The SMILES string of the molecule is C#C/C(=C\[C@@]1(C)C(=C)/C=C\C=C/CC2=C(C1C)C(c1ccccc1)(c1ccccc1)C1C=C(N(c3ccccc3)c3ccccc3)C=CC21C)N(c1ccccc1)c1ccccc1. The third-order valence-corrected chi connectivity index (χ3v) is 13.9. The van der Waals surface area contributed by atoms with Crippen molar-refractivity contribution in [2.24, 2.45) is 22.7 Å². The second kappa shape index (κ2) is 17.2. The summed E-state index contributed by atoms with van der Waals surface area (Å²) in [5.74, 6) is 3.09. The molecule has 0 spiro atoms. The van der Waals surface area contributed by atoms with E-state index in [4.69, 9.17) is 13.0 Å². The number of fused-ring (bicyclic) bond motifs is 2. The Morgan fingerprint density at radius 2 is 1.10 bits per heavy atom. The van der Waals surface area contributed by atoms with Crippen molar-refractivity contribution in [3.63, 3.8) is 0 Å². The number of hydrogen-bond donors (Lipinski definition) is 0. The molecule has 0 N–H and O–H groups in total. The van der Waals surface area contributed by atoms with Crippen LogP contribution in [0.25, 0.3) is 0 Å². The predicted octanol–water partition coefficient (Wildman–Crippen LogP) is 15.3. The average Bonchev–Trinajstić information content (AvgIpc) is 3.57. The second-order valence-electron chi connectivity index (χ2n) is 17.3.